The predicted molar refractivity (Wildman–Crippen MR) is 97.2 cm³/mol. The molecule has 0 bridgehead atoms. The van der Waals surface area contributed by atoms with Crippen LogP contribution < -0.4 is 11.5 Å². The van der Waals surface area contributed by atoms with Crippen LogP contribution in [-0.2, 0) is 14.4 Å². The van der Waals surface area contributed by atoms with E-state index in [1.807, 2.05) is 30.3 Å². The Hall–Kier alpha value is -2.88. The number of nitrogens with one attached hydrogen (secondary N) is 1. The Morgan fingerprint density at radius 2 is 1.48 bits per heavy atom. The lowest BCUT2D eigenvalue weighted by Gasteiger charge is -1.92. The summed E-state index contributed by atoms with van der Waals surface area (Å²) in [4.78, 5) is 29.1. The summed E-state index contributed by atoms with van der Waals surface area (Å²) in [6, 6.07) is 9.97. The Morgan fingerprint density at radius 1 is 1.12 bits per heavy atom. The standard InChI is InChI=1S/C6H5Br.C6H8O4.C2H4O2.CH5N3/c7-6-4-2-1-3-5-6;1-2-4(6(9)10)3-5(7)8;1-2(3)4;2-1(3)4/h1-5H;3H,2H2,1H3,(H,7,8)(H,9,10);1H3,(H,3,4);(H5,2,3,4)/b;4-3+;;. The molecule has 25 heavy (non-hydrogen) atoms. The highest BCUT2D eigenvalue weighted by atomic mass is 79.9. The molecule has 0 heterocycles. The fourth-order valence-electron chi connectivity index (χ4n) is 0.879. The summed E-state index contributed by atoms with van der Waals surface area (Å²) in [5.41, 5.74) is 8.85. The minimum atomic E-state index is -1.22. The fourth-order valence-corrected chi connectivity index (χ4v) is 1.18. The van der Waals surface area contributed by atoms with Gasteiger partial charge in [0, 0.05) is 23.0 Å². The molecule has 8 N–H and O–H groups in total. The molecule has 0 aliphatic carbocycles. The molecule has 0 aliphatic heterocycles. The topological polar surface area (TPSA) is 188 Å². The first-order chi connectivity index (χ1) is 11.4. The average molecular weight is 420 g/mol. The normalized spacial score (nSPS) is 8.84. The van der Waals surface area contributed by atoms with Crippen LogP contribution >= 0.6 is 15.9 Å². The van der Waals surface area contributed by atoms with Crippen LogP contribution in [-0.4, -0.2) is 39.2 Å². The summed E-state index contributed by atoms with van der Waals surface area (Å²) in [6.45, 7) is 2.67. The zero-order valence-corrected chi connectivity index (χ0v) is 15.4. The molecule has 9 nitrogen and oxygen atoms in total. The van der Waals surface area contributed by atoms with Crippen molar-refractivity contribution < 1.29 is 29.7 Å². The third kappa shape index (κ3) is 33.8. The van der Waals surface area contributed by atoms with E-state index in [2.05, 4.69) is 27.4 Å². The Labute approximate surface area is 153 Å². The number of rotatable bonds is 3. The number of aliphatic carboxylic acids is 3. The van der Waals surface area contributed by atoms with Crippen LogP contribution in [0.5, 0.6) is 0 Å². The maximum Gasteiger partial charge on any atom is 0.331 e. The van der Waals surface area contributed by atoms with E-state index >= 15 is 0 Å². The second-order valence-corrected chi connectivity index (χ2v) is 4.85. The minimum Gasteiger partial charge on any atom is -0.481 e. The van der Waals surface area contributed by atoms with E-state index in [-0.39, 0.29) is 18.0 Å². The third-order valence-corrected chi connectivity index (χ3v) is 2.22. The lowest BCUT2D eigenvalue weighted by Crippen LogP contribution is -2.20. The van der Waals surface area contributed by atoms with Crippen molar-refractivity contribution in [1.82, 2.24) is 0 Å². The number of carboxylic acids is 3. The summed E-state index contributed by atoms with van der Waals surface area (Å²) in [5, 5.41) is 29.9. The first-order valence-corrected chi connectivity index (χ1v) is 7.39. The van der Waals surface area contributed by atoms with Crippen molar-refractivity contribution in [2.75, 3.05) is 0 Å². The molecule has 0 amide bonds. The summed E-state index contributed by atoms with van der Waals surface area (Å²) >= 11 is 3.31. The van der Waals surface area contributed by atoms with Crippen LogP contribution in [0.3, 0.4) is 0 Å². The molecule has 0 unspecified atom stereocenters. The highest BCUT2D eigenvalue weighted by molar-refractivity contribution is 9.10. The van der Waals surface area contributed by atoms with Gasteiger partial charge in [-0.25, -0.2) is 9.59 Å². The first-order valence-electron chi connectivity index (χ1n) is 6.60. The second kappa shape index (κ2) is 17.5. The van der Waals surface area contributed by atoms with E-state index in [0.29, 0.717) is 6.08 Å². The van der Waals surface area contributed by atoms with Crippen molar-refractivity contribution in [3.8, 4) is 0 Å². The number of nitrogens with two attached hydrogens (primary N) is 2. The Balaban J connectivity index is -0.000000280. The number of carboxylic acid groups (broad SMARTS) is 3. The van der Waals surface area contributed by atoms with Crippen molar-refractivity contribution in [3.05, 3.63) is 46.5 Å². The molecule has 1 aromatic rings. The molecule has 1 rings (SSSR count). The van der Waals surface area contributed by atoms with E-state index in [1.165, 1.54) is 0 Å². The largest absolute Gasteiger partial charge is 0.481 e. The molecule has 0 atom stereocenters. The minimum absolute atomic E-state index is 0.0903. The van der Waals surface area contributed by atoms with Crippen molar-refractivity contribution in [2.24, 2.45) is 11.5 Å². The summed E-state index contributed by atoms with van der Waals surface area (Å²) in [6.07, 6.45) is 0.921. The van der Waals surface area contributed by atoms with Gasteiger partial charge in [0.15, 0.2) is 5.96 Å². The Kier molecular flexibility index (Phi) is 18.9. The van der Waals surface area contributed by atoms with Gasteiger partial charge in [-0.1, -0.05) is 41.1 Å². The van der Waals surface area contributed by atoms with E-state index in [4.69, 9.17) is 25.5 Å². The molecular formula is C15H22BrN3O6. The second-order valence-electron chi connectivity index (χ2n) is 3.94. The molecule has 0 spiro atoms. The van der Waals surface area contributed by atoms with Gasteiger partial charge < -0.3 is 26.8 Å². The SMILES string of the molecule is Brc1ccccc1.CC(=O)O.CC/C(=C\C(=O)O)C(=O)O.N=C(N)N. The highest BCUT2D eigenvalue weighted by Crippen LogP contribution is 2.05. The maximum atomic E-state index is 10.1. The third-order valence-electron chi connectivity index (χ3n) is 1.69. The van der Waals surface area contributed by atoms with Crippen molar-refractivity contribution >= 4 is 39.8 Å². The fraction of sp³-hybridized carbons (Fsp3) is 0.200. The molecule has 1 aromatic carbocycles. The highest BCUT2D eigenvalue weighted by Gasteiger charge is 2.05. The van der Waals surface area contributed by atoms with Gasteiger partial charge in [-0.2, -0.15) is 0 Å². The smallest absolute Gasteiger partial charge is 0.331 e. The van der Waals surface area contributed by atoms with Gasteiger partial charge in [0.25, 0.3) is 5.97 Å². The van der Waals surface area contributed by atoms with E-state index in [0.717, 1.165) is 11.4 Å². The van der Waals surface area contributed by atoms with Gasteiger partial charge in [0.1, 0.15) is 0 Å². The molecule has 0 radical (unpaired) electrons. The van der Waals surface area contributed by atoms with E-state index < -0.39 is 17.9 Å². The van der Waals surface area contributed by atoms with Crippen LogP contribution in [0.15, 0.2) is 46.5 Å². The molecule has 0 saturated heterocycles. The molecule has 0 saturated carbocycles. The first kappa shape index (κ1) is 27.0. The molecule has 0 fully saturated rings. The van der Waals surface area contributed by atoms with Gasteiger partial charge in [-0.05, 0) is 18.6 Å². The zero-order chi connectivity index (χ0) is 20.4. The summed E-state index contributed by atoms with van der Waals surface area (Å²) in [7, 11) is 0. The average Bonchev–Trinajstić information content (AvgIpc) is 2.44. The summed E-state index contributed by atoms with van der Waals surface area (Å²) < 4.78 is 1.13. The molecule has 140 valence electrons. The van der Waals surface area contributed by atoms with Gasteiger partial charge in [-0.3, -0.25) is 10.2 Å². The van der Waals surface area contributed by atoms with E-state index in [1.54, 1.807) is 6.92 Å². The van der Waals surface area contributed by atoms with Crippen LogP contribution in [0, 0.1) is 5.41 Å². The van der Waals surface area contributed by atoms with Gasteiger partial charge in [0.05, 0.1) is 0 Å². The Morgan fingerprint density at radius 3 is 1.60 bits per heavy atom. The van der Waals surface area contributed by atoms with Crippen LogP contribution in [0.2, 0.25) is 0 Å². The molecule has 0 aromatic heterocycles. The number of hydrogen-bond donors (Lipinski definition) is 6. The number of hydrogen-bond acceptors (Lipinski definition) is 4. The van der Waals surface area contributed by atoms with Crippen molar-refractivity contribution in [1.29, 1.82) is 5.41 Å². The molecule has 0 aliphatic rings. The molecule has 10 heteroatoms. The number of guanidine groups is 1. The monoisotopic (exact) mass is 419 g/mol. The van der Waals surface area contributed by atoms with Gasteiger partial charge in [-0.15, -0.1) is 0 Å². The van der Waals surface area contributed by atoms with Crippen molar-refractivity contribution in [2.45, 2.75) is 20.3 Å². The van der Waals surface area contributed by atoms with Crippen LogP contribution in [0.4, 0.5) is 0 Å². The van der Waals surface area contributed by atoms with Gasteiger partial charge >= 0.3 is 11.9 Å². The number of benzene rings is 1. The van der Waals surface area contributed by atoms with Crippen LogP contribution in [0.1, 0.15) is 20.3 Å². The number of halogens is 1. The van der Waals surface area contributed by atoms with Crippen LogP contribution in [0.25, 0.3) is 0 Å². The molecular weight excluding hydrogens is 398 g/mol. The summed E-state index contributed by atoms with van der Waals surface area (Å²) in [5.74, 6) is -3.57. The quantitative estimate of drug-likeness (QED) is 0.243. The predicted octanol–water partition coefficient (Wildman–Crippen LogP) is 1.87. The maximum absolute atomic E-state index is 10.1. The van der Waals surface area contributed by atoms with Crippen molar-refractivity contribution in [3.63, 3.8) is 0 Å². The lowest BCUT2D eigenvalue weighted by atomic mass is 10.2. The Bertz CT molecular complexity index is 556. The van der Waals surface area contributed by atoms with E-state index in [9.17, 15) is 9.59 Å². The number of carbonyl (C=O) groups is 3. The lowest BCUT2D eigenvalue weighted by molar-refractivity contribution is -0.135. The van der Waals surface area contributed by atoms with Gasteiger partial charge in [0.2, 0.25) is 0 Å². The zero-order valence-electron chi connectivity index (χ0n) is 13.8.